The fourth-order valence-corrected chi connectivity index (χ4v) is 0. The first-order valence-electron chi connectivity index (χ1n) is 1.77. The van der Waals surface area contributed by atoms with Gasteiger partial charge in [-0.25, -0.2) is 0 Å². The predicted molar refractivity (Wildman–Crippen MR) is 27.0 cm³/mol. The van der Waals surface area contributed by atoms with Gasteiger partial charge in [0.05, 0.1) is 0 Å². The Bertz CT molecular complexity index is 55.1. The summed E-state index contributed by atoms with van der Waals surface area (Å²) in [6.07, 6.45) is 0. The van der Waals surface area contributed by atoms with Gasteiger partial charge in [-0.05, 0) is 0 Å². The summed E-state index contributed by atoms with van der Waals surface area (Å²) < 4.78 is 0. The third-order valence-corrected chi connectivity index (χ3v) is 0. The van der Waals surface area contributed by atoms with E-state index in [2.05, 4.69) is 0 Å². The van der Waals surface area contributed by atoms with Crippen molar-refractivity contribution in [2.75, 3.05) is 0 Å². The quantitative estimate of drug-likeness (QED) is 0.201. The molecule has 64 valence electrons. The van der Waals surface area contributed by atoms with Gasteiger partial charge >= 0.3 is 69.5 Å². The molecule has 11 heavy (non-hydrogen) atoms. The fraction of sp³-hybridized carbons (Fsp3) is 0. The molecule has 0 radical (unpaired) electrons. The van der Waals surface area contributed by atoms with Gasteiger partial charge < -0.3 is 38.4 Å². The van der Waals surface area contributed by atoms with E-state index in [4.69, 9.17) is 38.4 Å². The molecule has 0 saturated carbocycles. The van der Waals surface area contributed by atoms with E-state index in [0.717, 1.165) is 0 Å². The van der Waals surface area contributed by atoms with Gasteiger partial charge in [-0.15, -0.1) is 0 Å². The molecular formula is H7KO8Si2. The minimum Gasteiger partial charge on any atom is -0.794 e. The van der Waals surface area contributed by atoms with Crippen molar-refractivity contribution in [3.63, 3.8) is 0 Å². The molecule has 0 spiro atoms. The zero-order chi connectivity index (χ0) is 9.00. The first-order chi connectivity index (χ1) is 4.00. The normalized spacial score (nSPS) is 10.9. The van der Waals surface area contributed by atoms with E-state index in [1.165, 1.54) is 0 Å². The molecule has 7 N–H and O–H groups in total. The van der Waals surface area contributed by atoms with Gasteiger partial charge in [-0.3, -0.25) is 0 Å². The molecule has 8 nitrogen and oxygen atoms in total. The molecule has 0 fully saturated rings. The van der Waals surface area contributed by atoms with Crippen LogP contribution in [0.3, 0.4) is 0 Å². The van der Waals surface area contributed by atoms with Crippen LogP contribution in [-0.2, 0) is 0 Å². The minimum absolute atomic E-state index is 0. The van der Waals surface area contributed by atoms with Crippen LogP contribution in [0.25, 0.3) is 0 Å². The zero-order valence-electron chi connectivity index (χ0n) is 5.54. The van der Waals surface area contributed by atoms with Crippen molar-refractivity contribution in [3.8, 4) is 0 Å². The van der Waals surface area contributed by atoms with Gasteiger partial charge in [-0.1, -0.05) is 0 Å². The smallest absolute Gasteiger partial charge is 0.794 e. The Kier molecular flexibility index (Phi) is 12.1. The van der Waals surface area contributed by atoms with E-state index in [1.54, 1.807) is 0 Å². The summed E-state index contributed by atoms with van der Waals surface area (Å²) in [5, 5.41) is 0. The molecule has 0 atom stereocenters. The van der Waals surface area contributed by atoms with Crippen LogP contribution < -0.4 is 56.2 Å². The molecule has 0 aliphatic heterocycles. The average Bonchev–Trinajstić information content (AvgIpc) is 1.12. The standard InChI is InChI=1S/K.H4O4Si.H3O4Si/c;2*1-5(2,3)4/h;1-4H;1-3H/q+1;;-1. The molecule has 0 aliphatic rings. The maximum atomic E-state index is 8.91. The average molecular weight is 230 g/mol. The van der Waals surface area contributed by atoms with Crippen LogP contribution in [-0.4, -0.2) is 51.7 Å². The Morgan fingerprint density at radius 1 is 0.727 bits per heavy atom. The van der Waals surface area contributed by atoms with Crippen molar-refractivity contribution in [2.24, 2.45) is 0 Å². The molecular weight excluding hydrogens is 223 g/mol. The largest absolute Gasteiger partial charge is 1.00 e. The Morgan fingerprint density at radius 2 is 0.727 bits per heavy atom. The molecule has 11 heteroatoms. The zero-order valence-corrected chi connectivity index (χ0v) is 10.7. The van der Waals surface area contributed by atoms with Crippen LogP contribution in [0.15, 0.2) is 0 Å². The third-order valence-electron chi connectivity index (χ3n) is 0. The fourth-order valence-electron chi connectivity index (χ4n) is 0. The molecule has 0 aromatic heterocycles. The van der Waals surface area contributed by atoms with E-state index >= 15 is 0 Å². The third kappa shape index (κ3) is 365. The van der Waals surface area contributed by atoms with E-state index in [-0.39, 0.29) is 51.4 Å². The second-order valence-corrected chi connectivity index (χ2v) is 3.52. The van der Waals surface area contributed by atoms with Crippen molar-refractivity contribution in [1.29, 1.82) is 0 Å². The first kappa shape index (κ1) is 18.5. The van der Waals surface area contributed by atoms with E-state index < -0.39 is 18.1 Å². The topological polar surface area (TPSA) is 165 Å². The summed E-state index contributed by atoms with van der Waals surface area (Å²) in [7, 11) is -9.47. The van der Waals surface area contributed by atoms with Crippen LogP contribution in [0.1, 0.15) is 0 Å². The monoisotopic (exact) mass is 230 g/mol. The van der Waals surface area contributed by atoms with Crippen LogP contribution in [0.4, 0.5) is 0 Å². The Hall–Kier alpha value is 1.75. The molecule has 0 amide bonds. The van der Waals surface area contributed by atoms with E-state index in [1.807, 2.05) is 0 Å². The van der Waals surface area contributed by atoms with Crippen molar-refractivity contribution in [3.05, 3.63) is 0 Å². The van der Waals surface area contributed by atoms with Crippen LogP contribution in [0.2, 0.25) is 0 Å². The van der Waals surface area contributed by atoms with Gasteiger partial charge in [0.1, 0.15) is 0 Å². The van der Waals surface area contributed by atoms with Gasteiger partial charge in [0, 0.05) is 0 Å². The minimum atomic E-state index is -4.86. The summed E-state index contributed by atoms with van der Waals surface area (Å²) in [4.78, 5) is 59.9. The summed E-state index contributed by atoms with van der Waals surface area (Å²) in [5.74, 6) is 0. The number of hydrogen-bond acceptors (Lipinski definition) is 8. The molecule has 0 aromatic rings. The molecule has 0 aliphatic carbocycles. The Balaban J connectivity index is -0.000000107. The summed E-state index contributed by atoms with van der Waals surface area (Å²) in [6.45, 7) is 0. The second-order valence-electron chi connectivity index (χ2n) is 1.17. The van der Waals surface area contributed by atoms with Crippen LogP contribution in [0, 0.1) is 0 Å². The van der Waals surface area contributed by atoms with Gasteiger partial charge in [-0.2, -0.15) is 0 Å². The van der Waals surface area contributed by atoms with E-state index in [9.17, 15) is 0 Å². The van der Waals surface area contributed by atoms with Crippen molar-refractivity contribution >= 4 is 18.1 Å². The van der Waals surface area contributed by atoms with Gasteiger partial charge in [0.25, 0.3) is 0 Å². The maximum absolute atomic E-state index is 8.91. The summed E-state index contributed by atoms with van der Waals surface area (Å²) in [5.41, 5.74) is 0. The molecule has 0 bridgehead atoms. The SMILES string of the molecule is O[Si](O)(O)O.[K+].[O-][Si](O)(O)O. The Labute approximate surface area is 106 Å². The first-order valence-corrected chi connectivity index (χ1v) is 5.31. The molecule has 0 aromatic carbocycles. The van der Waals surface area contributed by atoms with Crippen LogP contribution >= 0.6 is 0 Å². The molecule has 0 saturated heterocycles. The number of hydrogen-bond donors (Lipinski definition) is 7. The maximum Gasteiger partial charge on any atom is 1.00 e. The molecule has 0 rings (SSSR count). The van der Waals surface area contributed by atoms with Gasteiger partial charge in [0.2, 0.25) is 0 Å². The predicted octanol–water partition coefficient (Wildman–Crippen LogP) is -8.85. The molecule has 0 heterocycles. The van der Waals surface area contributed by atoms with Crippen molar-refractivity contribution < 1.29 is 89.7 Å². The number of rotatable bonds is 0. The summed E-state index contributed by atoms with van der Waals surface area (Å²) in [6, 6.07) is 0. The van der Waals surface area contributed by atoms with Crippen molar-refractivity contribution in [1.82, 2.24) is 0 Å². The van der Waals surface area contributed by atoms with E-state index in [0.29, 0.717) is 0 Å². The van der Waals surface area contributed by atoms with Crippen LogP contribution in [0.5, 0.6) is 0 Å². The van der Waals surface area contributed by atoms with Crippen molar-refractivity contribution in [2.45, 2.75) is 0 Å². The Morgan fingerprint density at radius 3 is 0.727 bits per heavy atom. The second kappa shape index (κ2) is 7.18. The van der Waals surface area contributed by atoms with Gasteiger partial charge in [0.15, 0.2) is 0 Å². The molecule has 0 unspecified atom stereocenters. The summed E-state index contributed by atoms with van der Waals surface area (Å²) >= 11 is 0.